The van der Waals surface area contributed by atoms with Crippen LogP contribution in [0.15, 0.2) is 18.2 Å². The van der Waals surface area contributed by atoms with E-state index in [4.69, 9.17) is 4.74 Å². The van der Waals surface area contributed by atoms with Gasteiger partial charge in [0.1, 0.15) is 17.7 Å². The fourth-order valence-electron chi connectivity index (χ4n) is 3.45. The summed E-state index contributed by atoms with van der Waals surface area (Å²) in [6.07, 6.45) is 6.41. The number of likely N-dealkylation sites (N-methyl/N-ethyl adjacent to an activating group) is 1. The van der Waals surface area contributed by atoms with Gasteiger partial charge >= 0.3 is 0 Å². The lowest BCUT2D eigenvalue weighted by Crippen LogP contribution is -2.38. The summed E-state index contributed by atoms with van der Waals surface area (Å²) in [5, 5.41) is 3.47. The standard InChI is InChI=1S/C17H25FN2O/c1-20(15-4-2-3-5-15)9-8-19-12-16-11-13-10-14(18)6-7-17(13)21-16/h6-7,10,15-16,19H,2-5,8-9,11-12H2,1H3. The molecule has 0 aromatic heterocycles. The Hall–Kier alpha value is -1.13. The van der Waals surface area contributed by atoms with E-state index in [1.165, 1.54) is 31.7 Å². The first-order valence-electron chi connectivity index (χ1n) is 8.08. The van der Waals surface area contributed by atoms with Crippen molar-refractivity contribution >= 4 is 0 Å². The van der Waals surface area contributed by atoms with Crippen LogP contribution in [0.3, 0.4) is 0 Å². The van der Waals surface area contributed by atoms with Gasteiger partial charge in [-0.15, -0.1) is 0 Å². The molecule has 1 aliphatic carbocycles. The Bertz CT molecular complexity index is 474. The van der Waals surface area contributed by atoms with Crippen LogP contribution in [0, 0.1) is 5.82 Å². The van der Waals surface area contributed by atoms with Gasteiger partial charge < -0.3 is 15.0 Å². The zero-order valence-corrected chi connectivity index (χ0v) is 12.8. The second-order valence-electron chi connectivity index (χ2n) is 6.32. The maximum Gasteiger partial charge on any atom is 0.123 e. The van der Waals surface area contributed by atoms with Crippen molar-refractivity contribution in [2.24, 2.45) is 0 Å². The molecule has 0 spiro atoms. The van der Waals surface area contributed by atoms with Crippen LogP contribution >= 0.6 is 0 Å². The molecule has 1 saturated carbocycles. The number of fused-ring (bicyclic) bond motifs is 1. The van der Waals surface area contributed by atoms with Gasteiger partial charge in [0, 0.05) is 37.7 Å². The number of hydrogen-bond donors (Lipinski definition) is 1. The highest BCUT2D eigenvalue weighted by Crippen LogP contribution is 2.28. The van der Waals surface area contributed by atoms with Gasteiger partial charge in [0.25, 0.3) is 0 Å². The lowest BCUT2D eigenvalue weighted by molar-refractivity contribution is 0.214. The molecule has 1 heterocycles. The maximum atomic E-state index is 13.2. The van der Waals surface area contributed by atoms with E-state index in [-0.39, 0.29) is 11.9 Å². The van der Waals surface area contributed by atoms with E-state index in [0.717, 1.165) is 43.4 Å². The van der Waals surface area contributed by atoms with Gasteiger partial charge in [0.2, 0.25) is 0 Å². The molecule has 4 heteroatoms. The predicted molar refractivity (Wildman–Crippen MR) is 82.3 cm³/mol. The van der Waals surface area contributed by atoms with Gasteiger partial charge in [0.15, 0.2) is 0 Å². The number of nitrogens with zero attached hydrogens (tertiary/aromatic N) is 1. The molecule has 1 fully saturated rings. The van der Waals surface area contributed by atoms with Gasteiger partial charge in [-0.1, -0.05) is 12.8 Å². The van der Waals surface area contributed by atoms with Gasteiger partial charge in [-0.25, -0.2) is 4.39 Å². The number of hydrogen-bond acceptors (Lipinski definition) is 3. The summed E-state index contributed by atoms with van der Waals surface area (Å²) in [5.74, 6) is 0.662. The second-order valence-corrected chi connectivity index (χ2v) is 6.32. The van der Waals surface area contributed by atoms with E-state index in [0.29, 0.717) is 0 Å². The van der Waals surface area contributed by atoms with Crippen LogP contribution in [0.5, 0.6) is 5.75 Å². The SMILES string of the molecule is CN(CCNCC1Cc2cc(F)ccc2O1)C1CCCC1. The molecule has 1 aliphatic heterocycles. The largest absolute Gasteiger partial charge is 0.488 e. The molecule has 1 atom stereocenters. The summed E-state index contributed by atoms with van der Waals surface area (Å²) in [6.45, 7) is 2.89. The summed E-state index contributed by atoms with van der Waals surface area (Å²) in [5.41, 5.74) is 0.991. The monoisotopic (exact) mass is 292 g/mol. The van der Waals surface area contributed by atoms with Crippen LogP contribution < -0.4 is 10.1 Å². The average molecular weight is 292 g/mol. The minimum atomic E-state index is -0.177. The topological polar surface area (TPSA) is 24.5 Å². The first-order chi connectivity index (χ1) is 10.2. The molecule has 0 radical (unpaired) electrons. The molecule has 21 heavy (non-hydrogen) atoms. The number of nitrogens with one attached hydrogen (secondary N) is 1. The molecule has 2 aliphatic rings. The van der Waals surface area contributed by atoms with Crippen molar-refractivity contribution in [1.29, 1.82) is 0 Å². The van der Waals surface area contributed by atoms with E-state index >= 15 is 0 Å². The van der Waals surface area contributed by atoms with Crippen LogP contribution in [0.2, 0.25) is 0 Å². The van der Waals surface area contributed by atoms with Gasteiger partial charge in [-0.2, -0.15) is 0 Å². The summed E-state index contributed by atoms with van der Waals surface area (Å²) < 4.78 is 19.0. The normalized spacial score (nSPS) is 21.8. The molecule has 3 nitrogen and oxygen atoms in total. The first-order valence-corrected chi connectivity index (χ1v) is 8.08. The van der Waals surface area contributed by atoms with E-state index in [9.17, 15) is 4.39 Å². The Morgan fingerprint density at radius 3 is 2.95 bits per heavy atom. The first kappa shape index (κ1) is 14.8. The van der Waals surface area contributed by atoms with E-state index in [1.54, 1.807) is 12.1 Å². The Labute approximate surface area is 126 Å². The molecule has 1 aromatic carbocycles. The minimum Gasteiger partial charge on any atom is -0.488 e. The van der Waals surface area contributed by atoms with E-state index in [2.05, 4.69) is 17.3 Å². The lowest BCUT2D eigenvalue weighted by atomic mass is 10.1. The lowest BCUT2D eigenvalue weighted by Gasteiger charge is -2.24. The van der Waals surface area contributed by atoms with Crippen molar-refractivity contribution in [3.63, 3.8) is 0 Å². The molecule has 116 valence electrons. The van der Waals surface area contributed by atoms with Gasteiger partial charge in [-0.3, -0.25) is 0 Å². The molecule has 0 saturated heterocycles. The van der Waals surface area contributed by atoms with Gasteiger partial charge in [-0.05, 0) is 38.1 Å². The van der Waals surface area contributed by atoms with E-state index in [1.807, 2.05) is 0 Å². The average Bonchev–Trinajstić information content (AvgIpc) is 3.11. The summed E-state index contributed by atoms with van der Waals surface area (Å²) in [6, 6.07) is 5.56. The Morgan fingerprint density at radius 1 is 1.33 bits per heavy atom. The van der Waals surface area contributed by atoms with Crippen LogP contribution in [0.1, 0.15) is 31.2 Å². The highest BCUT2D eigenvalue weighted by atomic mass is 19.1. The predicted octanol–water partition coefficient (Wildman–Crippen LogP) is 2.59. The molecule has 1 aromatic rings. The van der Waals surface area contributed by atoms with Crippen LogP contribution in [0.4, 0.5) is 4.39 Å². The fraction of sp³-hybridized carbons (Fsp3) is 0.647. The highest BCUT2D eigenvalue weighted by Gasteiger charge is 2.23. The van der Waals surface area contributed by atoms with E-state index < -0.39 is 0 Å². The smallest absolute Gasteiger partial charge is 0.123 e. The van der Waals surface area contributed by atoms with Crippen molar-refractivity contribution in [3.05, 3.63) is 29.6 Å². The Balaban J connectivity index is 1.35. The zero-order valence-electron chi connectivity index (χ0n) is 12.8. The number of halogens is 1. The third kappa shape index (κ3) is 3.74. The number of benzene rings is 1. The fourth-order valence-corrected chi connectivity index (χ4v) is 3.45. The molecule has 3 rings (SSSR count). The van der Waals surface area contributed by atoms with Crippen molar-refractivity contribution in [2.75, 3.05) is 26.7 Å². The molecule has 0 amide bonds. The minimum absolute atomic E-state index is 0.138. The number of ether oxygens (including phenoxy) is 1. The van der Waals surface area contributed by atoms with Crippen LogP contribution in [0.25, 0.3) is 0 Å². The summed E-state index contributed by atoms with van der Waals surface area (Å²) in [4.78, 5) is 2.47. The van der Waals surface area contributed by atoms with Crippen molar-refractivity contribution in [2.45, 2.75) is 44.2 Å². The summed E-state index contributed by atoms with van der Waals surface area (Å²) in [7, 11) is 2.22. The second kappa shape index (κ2) is 6.75. The summed E-state index contributed by atoms with van der Waals surface area (Å²) >= 11 is 0. The quantitative estimate of drug-likeness (QED) is 0.816. The molecular formula is C17H25FN2O. The molecular weight excluding hydrogens is 267 g/mol. The van der Waals surface area contributed by atoms with Crippen molar-refractivity contribution < 1.29 is 9.13 Å². The van der Waals surface area contributed by atoms with Crippen LogP contribution in [-0.2, 0) is 6.42 Å². The Morgan fingerprint density at radius 2 is 2.14 bits per heavy atom. The molecule has 1 N–H and O–H groups in total. The third-order valence-corrected chi connectivity index (χ3v) is 4.73. The highest BCUT2D eigenvalue weighted by molar-refractivity contribution is 5.37. The Kier molecular flexibility index (Phi) is 4.76. The third-order valence-electron chi connectivity index (χ3n) is 4.73. The van der Waals surface area contributed by atoms with Crippen molar-refractivity contribution in [1.82, 2.24) is 10.2 Å². The number of rotatable bonds is 6. The van der Waals surface area contributed by atoms with Gasteiger partial charge in [0.05, 0.1) is 0 Å². The molecule has 0 bridgehead atoms. The van der Waals surface area contributed by atoms with Crippen molar-refractivity contribution in [3.8, 4) is 5.75 Å². The maximum absolute atomic E-state index is 13.2. The van der Waals surface area contributed by atoms with Crippen LogP contribution in [-0.4, -0.2) is 43.7 Å². The zero-order chi connectivity index (χ0) is 14.7. The molecule has 1 unspecified atom stereocenters.